The number of likely N-dealkylation sites (tertiary alicyclic amines) is 1. The molecule has 0 spiro atoms. The topological polar surface area (TPSA) is 87.7 Å². The van der Waals surface area contributed by atoms with Gasteiger partial charge in [0.25, 0.3) is 0 Å². The highest BCUT2D eigenvalue weighted by Gasteiger charge is 2.43. The van der Waals surface area contributed by atoms with Crippen LogP contribution in [-0.4, -0.2) is 64.2 Å². The molecule has 0 aromatic carbocycles. The van der Waals surface area contributed by atoms with Crippen LogP contribution in [-0.2, 0) is 9.53 Å². The van der Waals surface area contributed by atoms with E-state index in [0.717, 1.165) is 17.3 Å². The SMILES string of the molecule is CC(C)(C)OC(=O)N(c1ncc(Br)cn1)C1CNCC1N1CCCCC1=O. The lowest BCUT2D eigenvalue weighted by Crippen LogP contribution is -2.57. The van der Waals surface area contributed by atoms with Gasteiger partial charge in [0.15, 0.2) is 0 Å². The van der Waals surface area contributed by atoms with E-state index in [4.69, 9.17) is 4.74 Å². The van der Waals surface area contributed by atoms with Crippen LogP contribution in [0.15, 0.2) is 16.9 Å². The minimum atomic E-state index is -0.646. The number of ether oxygens (including phenoxy) is 1. The lowest BCUT2D eigenvalue weighted by atomic mass is 10.0. The van der Waals surface area contributed by atoms with Crippen LogP contribution in [0.1, 0.15) is 40.0 Å². The first kappa shape index (κ1) is 20.0. The predicted molar refractivity (Wildman–Crippen MR) is 104 cm³/mol. The van der Waals surface area contributed by atoms with Crippen LogP contribution < -0.4 is 10.2 Å². The van der Waals surface area contributed by atoms with Crippen LogP contribution in [0.5, 0.6) is 0 Å². The number of nitrogens with zero attached hydrogens (tertiary/aromatic N) is 4. The summed E-state index contributed by atoms with van der Waals surface area (Å²) in [7, 11) is 0. The van der Waals surface area contributed by atoms with E-state index in [-0.39, 0.29) is 23.9 Å². The molecule has 2 aliphatic heterocycles. The second kappa shape index (κ2) is 8.10. The number of carbonyl (C=O) groups excluding carboxylic acids is 2. The quantitative estimate of drug-likeness (QED) is 0.777. The Labute approximate surface area is 167 Å². The second-order valence-electron chi connectivity index (χ2n) is 7.89. The van der Waals surface area contributed by atoms with Crippen molar-refractivity contribution in [2.24, 2.45) is 0 Å². The Hall–Kier alpha value is -1.74. The molecule has 2 fully saturated rings. The summed E-state index contributed by atoms with van der Waals surface area (Å²) in [6.07, 6.45) is 5.16. The molecule has 3 heterocycles. The zero-order chi connectivity index (χ0) is 19.6. The van der Waals surface area contributed by atoms with Crippen LogP contribution in [0.2, 0.25) is 0 Å². The molecule has 148 valence electrons. The van der Waals surface area contributed by atoms with Gasteiger partial charge in [-0.1, -0.05) is 0 Å². The standard InChI is InChI=1S/C18H26BrN5O3/c1-18(2,3)27-17(26)24(16-21-8-12(19)9-22-16)14-11-20-10-13(14)23-7-5-4-6-15(23)25/h8-9,13-14,20H,4-7,10-11H2,1-3H3. The number of halogens is 1. The van der Waals surface area contributed by atoms with Gasteiger partial charge in [-0.3, -0.25) is 4.79 Å². The average molecular weight is 440 g/mol. The predicted octanol–water partition coefficient (Wildman–Crippen LogP) is 2.33. The van der Waals surface area contributed by atoms with E-state index in [9.17, 15) is 9.59 Å². The number of hydrogen-bond acceptors (Lipinski definition) is 6. The van der Waals surface area contributed by atoms with Crippen molar-refractivity contribution in [3.63, 3.8) is 0 Å². The van der Waals surface area contributed by atoms with Crippen molar-refractivity contribution in [1.29, 1.82) is 0 Å². The molecule has 3 rings (SSSR count). The third-order valence-corrected chi connectivity index (χ3v) is 5.06. The summed E-state index contributed by atoms with van der Waals surface area (Å²) >= 11 is 3.32. The Morgan fingerprint density at radius 1 is 1.30 bits per heavy atom. The summed E-state index contributed by atoms with van der Waals surface area (Å²) in [5, 5.41) is 3.31. The molecule has 8 nitrogen and oxygen atoms in total. The van der Waals surface area contributed by atoms with Crippen LogP contribution in [0.25, 0.3) is 0 Å². The minimum absolute atomic E-state index is 0.127. The molecule has 0 aliphatic carbocycles. The Bertz CT molecular complexity index is 691. The molecule has 0 radical (unpaired) electrons. The van der Waals surface area contributed by atoms with Gasteiger partial charge in [0, 0.05) is 38.4 Å². The molecule has 0 saturated carbocycles. The smallest absolute Gasteiger partial charge is 0.417 e. The highest BCUT2D eigenvalue weighted by molar-refractivity contribution is 9.10. The van der Waals surface area contributed by atoms with Crippen molar-refractivity contribution in [3.05, 3.63) is 16.9 Å². The number of hydrogen-bond donors (Lipinski definition) is 1. The second-order valence-corrected chi connectivity index (χ2v) is 8.80. The van der Waals surface area contributed by atoms with Crippen LogP contribution in [0.3, 0.4) is 0 Å². The molecule has 0 bridgehead atoms. The van der Waals surface area contributed by atoms with Gasteiger partial charge in [0.05, 0.1) is 16.6 Å². The monoisotopic (exact) mass is 439 g/mol. The first-order valence-electron chi connectivity index (χ1n) is 9.26. The maximum absolute atomic E-state index is 13.0. The molecule has 1 aromatic rings. The van der Waals surface area contributed by atoms with Crippen LogP contribution in [0.4, 0.5) is 10.7 Å². The number of carbonyl (C=O) groups is 2. The third-order valence-electron chi connectivity index (χ3n) is 4.66. The number of anilines is 1. The molecule has 2 amide bonds. The summed E-state index contributed by atoms with van der Waals surface area (Å²) in [5.41, 5.74) is -0.646. The van der Waals surface area contributed by atoms with Crippen molar-refractivity contribution >= 4 is 33.9 Å². The van der Waals surface area contributed by atoms with Gasteiger partial charge in [-0.25, -0.2) is 19.7 Å². The molecule has 9 heteroatoms. The van der Waals surface area contributed by atoms with Gasteiger partial charge in [-0.05, 0) is 49.5 Å². The molecule has 27 heavy (non-hydrogen) atoms. The zero-order valence-corrected chi connectivity index (χ0v) is 17.5. The van der Waals surface area contributed by atoms with Crippen molar-refractivity contribution in [3.8, 4) is 0 Å². The highest BCUT2D eigenvalue weighted by Crippen LogP contribution is 2.26. The summed E-state index contributed by atoms with van der Waals surface area (Å²) in [6, 6.07) is -0.416. The Balaban J connectivity index is 1.92. The number of amides is 2. The maximum Gasteiger partial charge on any atom is 0.417 e. The highest BCUT2D eigenvalue weighted by atomic mass is 79.9. The van der Waals surface area contributed by atoms with Crippen molar-refractivity contribution in [1.82, 2.24) is 20.2 Å². The van der Waals surface area contributed by atoms with E-state index in [2.05, 4.69) is 31.2 Å². The first-order valence-corrected chi connectivity index (χ1v) is 10.1. The fraction of sp³-hybridized carbons (Fsp3) is 0.667. The summed E-state index contributed by atoms with van der Waals surface area (Å²) in [5.74, 6) is 0.413. The molecule has 2 aliphatic rings. The fourth-order valence-corrected chi connectivity index (χ4v) is 3.72. The van der Waals surface area contributed by atoms with Gasteiger partial charge in [-0.15, -0.1) is 0 Å². The van der Waals surface area contributed by atoms with Gasteiger partial charge in [-0.2, -0.15) is 0 Å². The number of nitrogens with one attached hydrogen (secondary N) is 1. The molecule has 2 atom stereocenters. The van der Waals surface area contributed by atoms with Crippen molar-refractivity contribution in [2.75, 3.05) is 24.5 Å². The lowest BCUT2D eigenvalue weighted by molar-refractivity contribution is -0.135. The van der Waals surface area contributed by atoms with E-state index in [1.807, 2.05) is 25.7 Å². The van der Waals surface area contributed by atoms with E-state index < -0.39 is 11.7 Å². The molecular formula is C18H26BrN5O3. The Morgan fingerprint density at radius 3 is 2.63 bits per heavy atom. The van der Waals surface area contributed by atoms with E-state index >= 15 is 0 Å². The summed E-state index contributed by atoms with van der Waals surface area (Å²) < 4.78 is 6.35. The van der Waals surface area contributed by atoms with Crippen LogP contribution >= 0.6 is 15.9 Å². The van der Waals surface area contributed by atoms with Crippen molar-refractivity contribution in [2.45, 2.75) is 57.7 Å². The van der Waals surface area contributed by atoms with Gasteiger partial charge in [0.2, 0.25) is 11.9 Å². The number of piperidine rings is 1. The molecule has 2 saturated heterocycles. The third kappa shape index (κ3) is 4.76. The molecular weight excluding hydrogens is 414 g/mol. The van der Waals surface area contributed by atoms with E-state index in [1.54, 1.807) is 12.4 Å². The average Bonchev–Trinajstić information content (AvgIpc) is 3.04. The number of aromatic nitrogens is 2. The van der Waals surface area contributed by atoms with Gasteiger partial charge >= 0.3 is 6.09 Å². The molecule has 1 N–H and O–H groups in total. The number of rotatable bonds is 3. The van der Waals surface area contributed by atoms with Gasteiger partial charge < -0.3 is 15.0 Å². The molecule has 1 aromatic heterocycles. The van der Waals surface area contributed by atoms with E-state index in [0.29, 0.717) is 26.1 Å². The summed E-state index contributed by atoms with van der Waals surface area (Å²) in [6.45, 7) is 7.36. The minimum Gasteiger partial charge on any atom is -0.443 e. The summed E-state index contributed by atoms with van der Waals surface area (Å²) in [4.78, 5) is 37.5. The van der Waals surface area contributed by atoms with Gasteiger partial charge in [0.1, 0.15) is 5.60 Å². The zero-order valence-electron chi connectivity index (χ0n) is 15.9. The molecule has 2 unspecified atom stereocenters. The Morgan fingerprint density at radius 2 is 2.00 bits per heavy atom. The normalized spacial score (nSPS) is 23.4. The van der Waals surface area contributed by atoms with E-state index in [1.165, 1.54) is 4.90 Å². The fourth-order valence-electron chi connectivity index (χ4n) is 3.52. The Kier molecular flexibility index (Phi) is 6.00. The maximum atomic E-state index is 13.0. The van der Waals surface area contributed by atoms with Crippen molar-refractivity contribution < 1.29 is 14.3 Å². The first-order chi connectivity index (χ1) is 12.8. The largest absolute Gasteiger partial charge is 0.443 e. The lowest BCUT2D eigenvalue weighted by Gasteiger charge is -2.39. The van der Waals surface area contributed by atoms with Crippen LogP contribution in [0, 0.1) is 0 Å².